The van der Waals surface area contributed by atoms with E-state index in [1.807, 2.05) is 24.3 Å². The van der Waals surface area contributed by atoms with Gasteiger partial charge >= 0.3 is 0 Å². The monoisotopic (exact) mass is 217 g/mol. The molecule has 1 aromatic carbocycles. The van der Waals surface area contributed by atoms with Gasteiger partial charge in [0.15, 0.2) is 0 Å². The summed E-state index contributed by atoms with van der Waals surface area (Å²) in [5, 5.41) is 11.7. The van der Waals surface area contributed by atoms with Crippen molar-refractivity contribution in [2.24, 2.45) is 5.16 Å². The Morgan fingerprint density at radius 1 is 1.25 bits per heavy atom. The zero-order valence-corrected chi connectivity index (χ0v) is 9.31. The van der Waals surface area contributed by atoms with E-state index in [1.165, 1.54) is 11.1 Å². The van der Waals surface area contributed by atoms with Gasteiger partial charge in [-0.2, -0.15) is 0 Å². The molecule has 16 heavy (non-hydrogen) atoms. The Kier molecular flexibility index (Phi) is 3.25. The van der Waals surface area contributed by atoms with Crippen molar-refractivity contribution in [3.8, 4) is 5.75 Å². The first kappa shape index (κ1) is 10.7. The van der Waals surface area contributed by atoms with Crippen molar-refractivity contribution in [2.75, 3.05) is 7.11 Å². The minimum atomic E-state index is 0.861. The second-order valence-electron chi connectivity index (χ2n) is 3.83. The molecule has 0 saturated carbocycles. The number of allylic oxidation sites excluding steroid dienone is 2. The minimum Gasteiger partial charge on any atom is -0.497 e. The van der Waals surface area contributed by atoms with Crippen molar-refractivity contribution < 1.29 is 9.94 Å². The Hall–Kier alpha value is -1.77. The molecule has 0 radical (unpaired) electrons. The highest BCUT2D eigenvalue weighted by Gasteiger charge is 2.14. The Labute approximate surface area is 95.0 Å². The van der Waals surface area contributed by atoms with Crippen LogP contribution < -0.4 is 4.74 Å². The number of ether oxygens (including phenoxy) is 1. The molecule has 0 aliphatic heterocycles. The Bertz CT molecular complexity index is 418. The van der Waals surface area contributed by atoms with E-state index < -0.39 is 0 Å². The van der Waals surface area contributed by atoms with Gasteiger partial charge in [-0.25, -0.2) is 0 Å². The number of rotatable bonds is 3. The molecule has 0 saturated heterocycles. The van der Waals surface area contributed by atoms with Crippen LogP contribution >= 0.6 is 0 Å². The molecular weight excluding hydrogens is 202 g/mol. The fourth-order valence-corrected chi connectivity index (χ4v) is 2.10. The highest BCUT2D eigenvalue weighted by Crippen LogP contribution is 2.33. The average molecular weight is 217 g/mol. The Morgan fingerprint density at radius 3 is 2.62 bits per heavy atom. The molecule has 0 amide bonds. The summed E-state index contributed by atoms with van der Waals surface area (Å²) >= 11 is 0. The van der Waals surface area contributed by atoms with E-state index in [0.717, 1.165) is 30.6 Å². The van der Waals surface area contributed by atoms with Crippen LogP contribution in [-0.2, 0) is 0 Å². The van der Waals surface area contributed by atoms with Gasteiger partial charge in [0.25, 0.3) is 0 Å². The molecule has 1 N–H and O–H groups in total. The lowest BCUT2D eigenvalue weighted by atomic mass is 10.0. The van der Waals surface area contributed by atoms with E-state index >= 15 is 0 Å². The quantitative estimate of drug-likeness (QED) is 0.480. The second kappa shape index (κ2) is 4.84. The predicted octanol–water partition coefficient (Wildman–Crippen LogP) is 3.09. The van der Waals surface area contributed by atoms with Crippen molar-refractivity contribution in [1.82, 2.24) is 0 Å². The van der Waals surface area contributed by atoms with Crippen LogP contribution in [0.2, 0.25) is 0 Å². The molecule has 0 spiro atoms. The lowest BCUT2D eigenvalue weighted by Crippen LogP contribution is -1.88. The summed E-state index contributed by atoms with van der Waals surface area (Å²) in [5.41, 5.74) is 3.60. The first-order valence-corrected chi connectivity index (χ1v) is 5.39. The van der Waals surface area contributed by atoms with Gasteiger partial charge in [0, 0.05) is 0 Å². The van der Waals surface area contributed by atoms with Crippen LogP contribution in [-0.4, -0.2) is 18.5 Å². The van der Waals surface area contributed by atoms with Crippen molar-refractivity contribution in [2.45, 2.75) is 19.3 Å². The van der Waals surface area contributed by atoms with Gasteiger partial charge in [0.2, 0.25) is 0 Å². The largest absolute Gasteiger partial charge is 0.497 e. The summed E-state index contributed by atoms with van der Waals surface area (Å²) in [7, 11) is 1.66. The maximum atomic E-state index is 8.59. The Balaban J connectivity index is 2.32. The highest BCUT2D eigenvalue weighted by atomic mass is 16.5. The van der Waals surface area contributed by atoms with Crippen LogP contribution in [0.5, 0.6) is 5.75 Å². The maximum absolute atomic E-state index is 8.59. The molecule has 3 heteroatoms. The molecule has 0 unspecified atom stereocenters. The van der Waals surface area contributed by atoms with Crippen molar-refractivity contribution in [3.05, 3.63) is 35.4 Å². The molecule has 3 nitrogen and oxygen atoms in total. The zero-order valence-electron chi connectivity index (χ0n) is 9.31. The van der Waals surface area contributed by atoms with Crippen LogP contribution in [0.15, 0.2) is 35.0 Å². The standard InChI is InChI=1S/C13H15NO2/c1-16-12-7-5-10(6-8-12)13-4-2-3-11(13)9-14-15/h5-9,15H,2-4H2,1H3. The predicted molar refractivity (Wildman–Crippen MR) is 64.0 cm³/mol. The van der Waals surface area contributed by atoms with Crippen LogP contribution in [0.4, 0.5) is 0 Å². The topological polar surface area (TPSA) is 41.8 Å². The van der Waals surface area contributed by atoms with Gasteiger partial charge in [-0.15, -0.1) is 0 Å². The van der Waals surface area contributed by atoms with Gasteiger partial charge in [0.05, 0.1) is 13.3 Å². The number of benzene rings is 1. The van der Waals surface area contributed by atoms with E-state index in [4.69, 9.17) is 9.94 Å². The lowest BCUT2D eigenvalue weighted by Gasteiger charge is -2.05. The van der Waals surface area contributed by atoms with E-state index in [1.54, 1.807) is 13.3 Å². The van der Waals surface area contributed by atoms with Gasteiger partial charge in [-0.05, 0) is 48.1 Å². The molecule has 0 heterocycles. The molecule has 0 fully saturated rings. The van der Waals surface area contributed by atoms with Gasteiger partial charge < -0.3 is 9.94 Å². The number of oxime groups is 1. The number of hydrogen-bond acceptors (Lipinski definition) is 3. The van der Waals surface area contributed by atoms with Crippen molar-refractivity contribution in [1.29, 1.82) is 0 Å². The fourth-order valence-electron chi connectivity index (χ4n) is 2.10. The zero-order chi connectivity index (χ0) is 11.4. The summed E-state index contributed by atoms with van der Waals surface area (Å²) in [5.74, 6) is 0.861. The summed E-state index contributed by atoms with van der Waals surface area (Å²) in [6.07, 6.45) is 4.72. The van der Waals surface area contributed by atoms with Crippen LogP contribution in [0.3, 0.4) is 0 Å². The third-order valence-electron chi connectivity index (χ3n) is 2.91. The van der Waals surface area contributed by atoms with Gasteiger partial charge in [-0.1, -0.05) is 17.3 Å². The van der Waals surface area contributed by atoms with Gasteiger partial charge in [-0.3, -0.25) is 0 Å². The fraction of sp³-hybridized carbons (Fsp3) is 0.308. The summed E-state index contributed by atoms with van der Waals surface area (Å²) in [4.78, 5) is 0. The highest BCUT2D eigenvalue weighted by molar-refractivity contribution is 5.92. The molecular formula is C13H15NO2. The van der Waals surface area contributed by atoms with Crippen molar-refractivity contribution in [3.63, 3.8) is 0 Å². The first-order valence-electron chi connectivity index (χ1n) is 5.39. The molecule has 0 bridgehead atoms. The molecule has 0 atom stereocenters. The smallest absolute Gasteiger partial charge is 0.118 e. The third kappa shape index (κ3) is 2.08. The Morgan fingerprint density at radius 2 is 2.00 bits per heavy atom. The third-order valence-corrected chi connectivity index (χ3v) is 2.91. The van der Waals surface area contributed by atoms with Gasteiger partial charge in [0.1, 0.15) is 5.75 Å². The van der Waals surface area contributed by atoms with Crippen molar-refractivity contribution >= 4 is 11.8 Å². The number of methoxy groups -OCH3 is 1. The van der Waals surface area contributed by atoms with Crippen LogP contribution in [0.1, 0.15) is 24.8 Å². The minimum absolute atomic E-state index is 0.861. The molecule has 1 aliphatic carbocycles. The number of hydrogen-bond donors (Lipinski definition) is 1. The molecule has 0 aromatic heterocycles. The molecule has 84 valence electrons. The first-order chi connectivity index (χ1) is 7.85. The second-order valence-corrected chi connectivity index (χ2v) is 3.83. The summed E-state index contributed by atoms with van der Waals surface area (Å²) in [6.45, 7) is 0. The average Bonchev–Trinajstić information content (AvgIpc) is 2.78. The molecule has 2 rings (SSSR count). The lowest BCUT2D eigenvalue weighted by molar-refractivity contribution is 0.321. The molecule has 1 aromatic rings. The SMILES string of the molecule is COc1ccc(C2=C(C=NO)CCC2)cc1. The van der Waals surface area contributed by atoms with E-state index in [0.29, 0.717) is 0 Å². The summed E-state index contributed by atoms with van der Waals surface area (Å²) < 4.78 is 5.12. The van der Waals surface area contributed by atoms with E-state index in [9.17, 15) is 0 Å². The maximum Gasteiger partial charge on any atom is 0.118 e. The van der Waals surface area contributed by atoms with E-state index in [2.05, 4.69) is 5.16 Å². The number of nitrogens with zero attached hydrogens (tertiary/aromatic N) is 1. The van der Waals surface area contributed by atoms with Crippen LogP contribution in [0.25, 0.3) is 5.57 Å². The van der Waals surface area contributed by atoms with E-state index in [-0.39, 0.29) is 0 Å². The normalized spacial score (nSPS) is 16.1. The summed E-state index contributed by atoms with van der Waals surface area (Å²) in [6, 6.07) is 8.00. The van der Waals surface area contributed by atoms with Crippen LogP contribution in [0, 0.1) is 0 Å². The molecule has 1 aliphatic rings.